The first kappa shape index (κ1) is 31.3. The van der Waals surface area contributed by atoms with Crippen molar-refractivity contribution in [3.63, 3.8) is 0 Å². The van der Waals surface area contributed by atoms with E-state index in [9.17, 15) is 9.59 Å². The predicted molar refractivity (Wildman–Crippen MR) is 143 cm³/mol. The molecule has 0 fully saturated rings. The highest BCUT2D eigenvalue weighted by Crippen LogP contribution is 2.23. The number of esters is 2. The monoisotopic (exact) mass is 521 g/mol. The molecule has 200 valence electrons. The third-order valence-corrected chi connectivity index (χ3v) is 5.39. The van der Waals surface area contributed by atoms with Gasteiger partial charge in [-0.2, -0.15) is 0 Å². The number of carbonyl (C=O) groups excluding carboxylic acids is 2. The summed E-state index contributed by atoms with van der Waals surface area (Å²) in [6.45, 7) is 15.5. The van der Waals surface area contributed by atoms with Crippen LogP contribution in [-0.4, -0.2) is 47.8 Å². The molecule has 0 amide bonds. The Kier molecular flexibility index (Phi) is 12.2. The molecule has 0 aromatic heterocycles. The van der Waals surface area contributed by atoms with Gasteiger partial charge in [-0.25, -0.2) is 9.59 Å². The first-order chi connectivity index (χ1) is 16.5. The fraction of sp³-hybridized carbons (Fsp3) is 0.500. The van der Waals surface area contributed by atoms with Gasteiger partial charge in [0.2, 0.25) is 0 Å². The molecular weight excluding hydrogens is 482 g/mol. The minimum Gasteiger partial charge on any atom is -0.476 e. The predicted octanol–water partition coefficient (Wildman–Crippen LogP) is 5.57. The maximum absolute atomic E-state index is 12.1. The van der Waals surface area contributed by atoms with Crippen LogP contribution in [0.1, 0.15) is 59.6 Å². The molecule has 36 heavy (non-hydrogen) atoms. The lowest BCUT2D eigenvalue weighted by Gasteiger charge is -2.25. The smallest absolute Gasteiger partial charge is 0.349 e. The summed E-state index contributed by atoms with van der Waals surface area (Å²) in [5, 5.41) is 0. The van der Waals surface area contributed by atoms with Gasteiger partial charge in [0.1, 0.15) is 11.5 Å². The van der Waals surface area contributed by atoms with E-state index in [1.807, 2.05) is 48.5 Å². The maximum Gasteiger partial charge on any atom is 0.349 e. The van der Waals surface area contributed by atoms with Crippen LogP contribution in [0.2, 0.25) is 0 Å². The molecule has 0 unspecified atom stereocenters. The normalized spacial score (nSPS) is 11.4. The van der Waals surface area contributed by atoms with Crippen molar-refractivity contribution < 1.29 is 28.5 Å². The van der Waals surface area contributed by atoms with Crippen LogP contribution in [0.5, 0.6) is 11.5 Å². The molecule has 0 heterocycles. The first-order valence-corrected chi connectivity index (χ1v) is 12.1. The van der Waals surface area contributed by atoms with Crippen molar-refractivity contribution in [2.75, 3.05) is 19.8 Å². The van der Waals surface area contributed by atoms with Gasteiger partial charge in [0.15, 0.2) is 11.2 Å². The Labute approximate surface area is 221 Å². The van der Waals surface area contributed by atoms with Crippen LogP contribution in [0.3, 0.4) is 0 Å². The molecule has 0 spiro atoms. The van der Waals surface area contributed by atoms with Crippen LogP contribution in [-0.2, 0) is 32.2 Å². The lowest BCUT2D eigenvalue weighted by Crippen LogP contribution is -2.39. The molecule has 0 N–H and O–H groups in total. The second-order valence-electron chi connectivity index (χ2n) is 9.26. The number of ether oxygens (including phenoxy) is 4. The van der Waals surface area contributed by atoms with Gasteiger partial charge >= 0.3 is 11.9 Å². The molecule has 0 bridgehead atoms. The molecule has 0 saturated carbocycles. The zero-order valence-electron chi connectivity index (χ0n) is 22.5. The van der Waals surface area contributed by atoms with Crippen molar-refractivity contribution in [1.82, 2.24) is 4.90 Å². The highest BCUT2D eigenvalue weighted by Gasteiger charge is 2.32. The van der Waals surface area contributed by atoms with Crippen LogP contribution in [0, 0.1) is 0 Å². The van der Waals surface area contributed by atoms with Gasteiger partial charge in [0, 0.05) is 13.1 Å². The van der Waals surface area contributed by atoms with Crippen molar-refractivity contribution in [3.05, 3.63) is 59.7 Å². The van der Waals surface area contributed by atoms with E-state index >= 15 is 0 Å². The topological polar surface area (TPSA) is 74.3 Å². The van der Waals surface area contributed by atoms with Gasteiger partial charge in [-0.15, -0.1) is 12.4 Å². The van der Waals surface area contributed by atoms with Crippen LogP contribution >= 0.6 is 12.4 Å². The van der Waals surface area contributed by atoms with Gasteiger partial charge in [-0.3, -0.25) is 4.90 Å². The number of benzene rings is 2. The van der Waals surface area contributed by atoms with E-state index in [1.165, 1.54) is 0 Å². The number of rotatable bonds is 13. The van der Waals surface area contributed by atoms with Gasteiger partial charge in [-0.1, -0.05) is 31.2 Å². The highest BCUT2D eigenvalue weighted by molar-refractivity contribution is 5.85. The zero-order valence-corrected chi connectivity index (χ0v) is 23.3. The number of nitrogens with zero attached hydrogens (tertiary/aromatic N) is 1. The van der Waals surface area contributed by atoms with E-state index in [4.69, 9.17) is 18.9 Å². The fourth-order valence-corrected chi connectivity index (χ4v) is 3.40. The Balaban J connectivity index is 0.00000648. The molecule has 0 aliphatic rings. The Morgan fingerprint density at radius 1 is 0.667 bits per heavy atom. The minimum atomic E-state index is -1.05. The molecule has 8 heteroatoms. The molecule has 2 aromatic rings. The molecule has 0 aliphatic heterocycles. The molecule has 0 aliphatic carbocycles. The Morgan fingerprint density at radius 3 is 1.28 bits per heavy atom. The van der Waals surface area contributed by atoms with E-state index < -0.39 is 11.2 Å². The van der Waals surface area contributed by atoms with Crippen molar-refractivity contribution >= 4 is 24.3 Å². The van der Waals surface area contributed by atoms with Crippen LogP contribution in [0.25, 0.3) is 0 Å². The quantitative estimate of drug-likeness (QED) is 0.319. The van der Waals surface area contributed by atoms with Gasteiger partial charge in [0.25, 0.3) is 0 Å². The second-order valence-corrected chi connectivity index (χ2v) is 9.26. The molecule has 0 radical (unpaired) electrons. The molecule has 0 atom stereocenters. The van der Waals surface area contributed by atoms with Crippen LogP contribution in [0.4, 0.5) is 0 Å². The van der Waals surface area contributed by atoms with E-state index in [-0.39, 0.29) is 24.3 Å². The lowest BCUT2D eigenvalue weighted by atomic mass is 10.1. The maximum atomic E-state index is 12.1. The number of carbonyl (C=O) groups is 2. The van der Waals surface area contributed by atoms with Crippen molar-refractivity contribution in [1.29, 1.82) is 0 Å². The van der Waals surface area contributed by atoms with Crippen LogP contribution in [0.15, 0.2) is 48.5 Å². The zero-order chi connectivity index (χ0) is 26.1. The van der Waals surface area contributed by atoms with Crippen molar-refractivity contribution in [2.24, 2.45) is 0 Å². The van der Waals surface area contributed by atoms with Crippen molar-refractivity contribution in [3.8, 4) is 11.5 Å². The first-order valence-electron chi connectivity index (χ1n) is 12.1. The second kappa shape index (κ2) is 14.1. The molecule has 7 nitrogen and oxygen atoms in total. The third kappa shape index (κ3) is 9.36. The van der Waals surface area contributed by atoms with E-state index in [0.29, 0.717) is 24.7 Å². The summed E-state index contributed by atoms with van der Waals surface area (Å²) in [7, 11) is 0. The SMILES string of the molecule is CCOC(=O)C(C)(C)Oc1ccc(CN(CC)Cc2ccc(OC(C)(C)C(=O)OCC)cc2)cc1.Cl. The number of hydrogen-bond acceptors (Lipinski definition) is 7. The average Bonchev–Trinajstić information content (AvgIpc) is 2.81. The minimum absolute atomic E-state index is 0. The Morgan fingerprint density at radius 2 is 1.00 bits per heavy atom. The van der Waals surface area contributed by atoms with E-state index in [2.05, 4.69) is 11.8 Å². The number of hydrogen-bond donors (Lipinski definition) is 0. The summed E-state index contributed by atoms with van der Waals surface area (Å²) in [6.07, 6.45) is 0. The van der Waals surface area contributed by atoms with Gasteiger partial charge in [0.05, 0.1) is 13.2 Å². The van der Waals surface area contributed by atoms with E-state index in [0.717, 1.165) is 30.8 Å². The molecular formula is C28H40ClNO6. The number of halogens is 1. The van der Waals surface area contributed by atoms with Crippen molar-refractivity contribution in [2.45, 2.75) is 72.8 Å². The molecule has 0 saturated heterocycles. The summed E-state index contributed by atoms with van der Waals surface area (Å²) in [5.74, 6) is 0.469. The summed E-state index contributed by atoms with van der Waals surface area (Å²) >= 11 is 0. The largest absolute Gasteiger partial charge is 0.476 e. The standard InChI is InChI=1S/C28H39NO6.ClH/c1-8-29(19-21-11-15-23(16-12-21)34-27(4,5)25(30)32-9-2)20-22-13-17-24(18-14-22)35-28(6,7)26(31)33-10-3;/h11-18H,8-10,19-20H2,1-7H3;1H. The Hall–Kier alpha value is -2.77. The Bertz CT molecular complexity index is 880. The summed E-state index contributed by atoms with van der Waals surface area (Å²) < 4.78 is 21.8. The van der Waals surface area contributed by atoms with Gasteiger partial charge < -0.3 is 18.9 Å². The van der Waals surface area contributed by atoms with Gasteiger partial charge in [-0.05, 0) is 83.5 Å². The third-order valence-electron chi connectivity index (χ3n) is 5.39. The van der Waals surface area contributed by atoms with Crippen LogP contribution < -0.4 is 9.47 Å². The average molecular weight is 522 g/mol. The summed E-state index contributed by atoms with van der Waals surface area (Å²) in [4.78, 5) is 26.4. The molecule has 2 aromatic carbocycles. The highest BCUT2D eigenvalue weighted by atomic mass is 35.5. The fourth-order valence-electron chi connectivity index (χ4n) is 3.40. The summed E-state index contributed by atoms with van der Waals surface area (Å²) in [5.41, 5.74) is 0.191. The van der Waals surface area contributed by atoms with E-state index in [1.54, 1.807) is 41.5 Å². The molecule has 2 rings (SSSR count). The summed E-state index contributed by atoms with van der Waals surface area (Å²) in [6, 6.07) is 15.5. The lowest BCUT2D eigenvalue weighted by molar-refractivity contribution is -0.159.